The van der Waals surface area contributed by atoms with Gasteiger partial charge in [-0.05, 0) is 53.6 Å². The zero-order valence-corrected chi connectivity index (χ0v) is 17.5. The van der Waals surface area contributed by atoms with Crippen molar-refractivity contribution in [2.45, 2.75) is 13.0 Å². The van der Waals surface area contributed by atoms with Gasteiger partial charge in [-0.15, -0.1) is 0 Å². The number of amides is 2. The number of methoxy groups -OCH3 is 1. The van der Waals surface area contributed by atoms with E-state index in [1.54, 1.807) is 30.2 Å². The Balaban J connectivity index is 1.42. The molecule has 2 heterocycles. The van der Waals surface area contributed by atoms with Crippen molar-refractivity contribution in [2.24, 2.45) is 0 Å². The van der Waals surface area contributed by atoms with Crippen molar-refractivity contribution in [1.29, 1.82) is 0 Å². The maximum atomic E-state index is 12.9. The third-order valence-corrected chi connectivity index (χ3v) is 5.60. The van der Waals surface area contributed by atoms with E-state index in [-0.39, 0.29) is 11.8 Å². The first-order valence-electron chi connectivity index (χ1n) is 10.4. The molecule has 0 fully saturated rings. The number of fused-ring (bicyclic) bond motifs is 2. The molecular formula is C26H21N3O3. The number of carbonyl (C=O) groups is 2. The minimum absolute atomic E-state index is 0.00904. The lowest BCUT2D eigenvalue weighted by Gasteiger charge is -2.17. The number of carbonyl (C=O) groups excluding carboxylic acids is 2. The SMILES string of the molecule is COc1cccc(CNC(=O)c2cccc3nc(N4C(=O)Cc5ccccc54)ccc23)c1. The van der Waals surface area contributed by atoms with Crippen molar-refractivity contribution in [2.75, 3.05) is 12.0 Å². The first-order chi connectivity index (χ1) is 15.6. The molecule has 0 saturated carbocycles. The highest BCUT2D eigenvalue weighted by atomic mass is 16.5. The molecule has 1 aliphatic rings. The molecule has 1 aromatic heterocycles. The third-order valence-electron chi connectivity index (χ3n) is 5.60. The molecule has 6 nitrogen and oxygen atoms in total. The Kier molecular flexibility index (Phi) is 5.03. The van der Waals surface area contributed by atoms with Gasteiger partial charge in [0.25, 0.3) is 5.91 Å². The maximum Gasteiger partial charge on any atom is 0.252 e. The van der Waals surface area contributed by atoms with Crippen LogP contribution in [0, 0.1) is 0 Å². The van der Waals surface area contributed by atoms with E-state index in [1.807, 2.05) is 60.7 Å². The molecule has 6 heteroatoms. The van der Waals surface area contributed by atoms with Gasteiger partial charge in [-0.3, -0.25) is 14.5 Å². The number of benzene rings is 3. The topological polar surface area (TPSA) is 71.5 Å². The Labute approximate surface area is 185 Å². The second-order valence-corrected chi connectivity index (χ2v) is 7.61. The average Bonchev–Trinajstić information content (AvgIpc) is 3.17. The van der Waals surface area contributed by atoms with Gasteiger partial charge in [0, 0.05) is 17.5 Å². The number of pyridine rings is 1. The summed E-state index contributed by atoms with van der Waals surface area (Å²) in [4.78, 5) is 31.9. The number of ether oxygens (including phenoxy) is 1. The van der Waals surface area contributed by atoms with Crippen molar-refractivity contribution in [3.05, 3.63) is 95.6 Å². The van der Waals surface area contributed by atoms with Crippen molar-refractivity contribution < 1.29 is 14.3 Å². The summed E-state index contributed by atoms with van der Waals surface area (Å²) in [5.41, 5.74) is 4.00. The van der Waals surface area contributed by atoms with Gasteiger partial charge in [0.1, 0.15) is 11.6 Å². The van der Waals surface area contributed by atoms with Crippen molar-refractivity contribution >= 4 is 34.2 Å². The molecular weight excluding hydrogens is 402 g/mol. The highest BCUT2D eigenvalue weighted by Gasteiger charge is 2.29. The van der Waals surface area contributed by atoms with Crippen LogP contribution in [-0.2, 0) is 17.8 Å². The van der Waals surface area contributed by atoms with Gasteiger partial charge >= 0.3 is 0 Å². The Hall–Kier alpha value is -4.19. The summed E-state index contributed by atoms with van der Waals surface area (Å²) in [6.07, 6.45) is 0.364. The van der Waals surface area contributed by atoms with Crippen LogP contribution < -0.4 is 15.0 Å². The zero-order chi connectivity index (χ0) is 22.1. The molecule has 5 rings (SSSR count). The highest BCUT2D eigenvalue weighted by Crippen LogP contribution is 2.35. The minimum atomic E-state index is -0.185. The smallest absolute Gasteiger partial charge is 0.252 e. The second kappa shape index (κ2) is 8.15. The molecule has 32 heavy (non-hydrogen) atoms. The molecule has 3 aromatic carbocycles. The first-order valence-corrected chi connectivity index (χ1v) is 10.4. The van der Waals surface area contributed by atoms with Crippen molar-refractivity contribution in [1.82, 2.24) is 10.3 Å². The van der Waals surface area contributed by atoms with E-state index in [2.05, 4.69) is 5.32 Å². The van der Waals surface area contributed by atoms with Gasteiger partial charge in [-0.1, -0.05) is 36.4 Å². The second-order valence-electron chi connectivity index (χ2n) is 7.61. The summed E-state index contributed by atoms with van der Waals surface area (Å²) in [5, 5.41) is 3.70. The van der Waals surface area contributed by atoms with Crippen LogP contribution in [-0.4, -0.2) is 23.9 Å². The number of nitrogens with one attached hydrogen (secondary N) is 1. The number of aromatic nitrogens is 1. The molecule has 158 valence electrons. The fraction of sp³-hybridized carbons (Fsp3) is 0.115. The Morgan fingerprint density at radius 2 is 1.88 bits per heavy atom. The standard InChI is InChI=1S/C26H21N3O3/c1-32-19-8-4-6-17(14-19)16-27-26(31)21-9-5-10-22-20(21)12-13-24(28-22)29-23-11-3-2-7-18(23)15-25(29)30/h2-14H,15-16H2,1H3,(H,27,31). The summed E-state index contributed by atoms with van der Waals surface area (Å²) < 4.78 is 5.24. The number of para-hydroxylation sites is 1. The van der Waals surface area contributed by atoms with E-state index in [4.69, 9.17) is 9.72 Å². The van der Waals surface area contributed by atoms with Crippen LogP contribution in [0.3, 0.4) is 0 Å². The Morgan fingerprint density at radius 1 is 1.03 bits per heavy atom. The molecule has 0 radical (unpaired) electrons. The van der Waals surface area contributed by atoms with Gasteiger partial charge in [0.05, 0.1) is 24.7 Å². The Bertz CT molecular complexity index is 1350. The highest BCUT2D eigenvalue weighted by molar-refractivity contribution is 6.09. The summed E-state index contributed by atoms with van der Waals surface area (Å²) in [6.45, 7) is 0.386. The molecule has 0 atom stereocenters. The predicted molar refractivity (Wildman–Crippen MR) is 123 cm³/mol. The number of hydrogen-bond donors (Lipinski definition) is 1. The molecule has 1 aliphatic heterocycles. The van der Waals surface area contributed by atoms with E-state index in [9.17, 15) is 9.59 Å². The van der Waals surface area contributed by atoms with Crippen LogP contribution in [0.5, 0.6) is 5.75 Å². The van der Waals surface area contributed by atoms with Crippen LogP contribution >= 0.6 is 0 Å². The minimum Gasteiger partial charge on any atom is -0.497 e. The monoisotopic (exact) mass is 423 g/mol. The molecule has 4 aromatic rings. The summed E-state index contributed by atoms with van der Waals surface area (Å²) >= 11 is 0. The summed E-state index contributed by atoms with van der Waals surface area (Å²) in [5.74, 6) is 1.11. The van der Waals surface area contributed by atoms with Gasteiger partial charge in [-0.25, -0.2) is 4.98 Å². The number of anilines is 2. The van der Waals surface area contributed by atoms with E-state index < -0.39 is 0 Å². The summed E-state index contributed by atoms with van der Waals surface area (Å²) in [6, 6.07) is 24.4. The molecule has 0 unspecified atom stereocenters. The Morgan fingerprint density at radius 3 is 2.75 bits per heavy atom. The van der Waals surface area contributed by atoms with Crippen molar-refractivity contribution in [3.63, 3.8) is 0 Å². The van der Waals surface area contributed by atoms with Crippen molar-refractivity contribution in [3.8, 4) is 5.75 Å². The summed E-state index contributed by atoms with van der Waals surface area (Å²) in [7, 11) is 1.61. The van der Waals surface area contributed by atoms with E-state index in [1.165, 1.54) is 0 Å². The number of rotatable bonds is 5. The van der Waals surface area contributed by atoms with Crippen LogP contribution in [0.4, 0.5) is 11.5 Å². The largest absolute Gasteiger partial charge is 0.497 e. The van der Waals surface area contributed by atoms with Gasteiger partial charge in [-0.2, -0.15) is 0 Å². The predicted octanol–water partition coefficient (Wildman–Crippen LogP) is 4.39. The van der Waals surface area contributed by atoms with E-state index in [0.717, 1.165) is 28.0 Å². The van der Waals surface area contributed by atoms with Gasteiger partial charge in [0.2, 0.25) is 5.91 Å². The van der Waals surface area contributed by atoms with E-state index in [0.29, 0.717) is 29.9 Å². The lowest BCUT2D eigenvalue weighted by atomic mass is 10.1. The van der Waals surface area contributed by atoms with Gasteiger partial charge < -0.3 is 10.1 Å². The molecule has 0 saturated heterocycles. The lowest BCUT2D eigenvalue weighted by Crippen LogP contribution is -2.23. The quantitative estimate of drug-likeness (QED) is 0.517. The average molecular weight is 423 g/mol. The maximum absolute atomic E-state index is 12.9. The fourth-order valence-electron chi connectivity index (χ4n) is 4.03. The zero-order valence-electron chi connectivity index (χ0n) is 17.5. The number of nitrogens with zero attached hydrogens (tertiary/aromatic N) is 2. The number of hydrogen-bond acceptors (Lipinski definition) is 4. The molecule has 0 aliphatic carbocycles. The molecule has 0 bridgehead atoms. The van der Waals surface area contributed by atoms with Crippen LogP contribution in [0.1, 0.15) is 21.5 Å². The van der Waals surface area contributed by atoms with Gasteiger partial charge in [0.15, 0.2) is 0 Å². The normalized spacial score (nSPS) is 12.7. The third kappa shape index (κ3) is 3.56. The molecule has 1 N–H and O–H groups in total. The van der Waals surface area contributed by atoms with Crippen LogP contribution in [0.2, 0.25) is 0 Å². The van der Waals surface area contributed by atoms with Crippen LogP contribution in [0.15, 0.2) is 78.9 Å². The van der Waals surface area contributed by atoms with E-state index >= 15 is 0 Å². The van der Waals surface area contributed by atoms with Crippen LogP contribution in [0.25, 0.3) is 10.9 Å². The fourth-order valence-corrected chi connectivity index (χ4v) is 4.03. The molecule has 2 amide bonds. The molecule has 0 spiro atoms. The first kappa shape index (κ1) is 19.8. The lowest BCUT2D eigenvalue weighted by molar-refractivity contribution is -0.116.